The van der Waals surface area contributed by atoms with Crippen LogP contribution in [-0.4, -0.2) is 29.0 Å². The monoisotopic (exact) mass is 464 g/mol. The number of methoxy groups -OCH3 is 1. The number of nitrogens with zero attached hydrogens (tertiary/aromatic N) is 2. The van der Waals surface area contributed by atoms with Crippen LogP contribution >= 0.6 is 11.6 Å². The van der Waals surface area contributed by atoms with Crippen LogP contribution in [0.4, 0.5) is 19.0 Å². The molecule has 6 nitrogen and oxygen atoms in total. The molecule has 2 atom stereocenters. The number of nitrogens with one attached hydrogen (secondary N) is 2. The molecule has 0 bridgehead atoms. The Morgan fingerprint density at radius 2 is 1.91 bits per heavy atom. The molecule has 0 saturated heterocycles. The van der Waals surface area contributed by atoms with Crippen LogP contribution in [0.25, 0.3) is 0 Å². The normalized spacial score (nSPS) is 17.9. The van der Waals surface area contributed by atoms with Crippen molar-refractivity contribution in [2.24, 2.45) is 0 Å². The van der Waals surface area contributed by atoms with Crippen LogP contribution in [0.5, 0.6) is 5.75 Å². The van der Waals surface area contributed by atoms with Gasteiger partial charge in [0.1, 0.15) is 16.6 Å². The van der Waals surface area contributed by atoms with Crippen molar-refractivity contribution in [3.05, 3.63) is 76.4 Å². The van der Waals surface area contributed by atoms with Crippen molar-refractivity contribution in [2.45, 2.75) is 31.2 Å². The standard InChI is InChI=1S/C22H20ClF3N4O2/c1-32-15-9-7-13(8-10-15)12-27-21(31)19-18(23)20-28-16(14-5-3-2-4-6-14)11-17(22(24,25)26)30(20)29-19/h2-10,16-17,28H,11-12H2,1H3,(H,27,31). The van der Waals surface area contributed by atoms with Crippen LogP contribution in [0.1, 0.15) is 40.1 Å². The Morgan fingerprint density at radius 1 is 1.22 bits per heavy atom. The number of aromatic nitrogens is 2. The highest BCUT2D eigenvalue weighted by Gasteiger charge is 2.47. The van der Waals surface area contributed by atoms with E-state index in [-0.39, 0.29) is 29.5 Å². The topological polar surface area (TPSA) is 68.2 Å². The molecule has 2 aromatic carbocycles. The quantitative estimate of drug-likeness (QED) is 0.549. The number of anilines is 1. The first-order chi connectivity index (χ1) is 15.3. The van der Waals surface area contributed by atoms with E-state index >= 15 is 0 Å². The molecule has 1 aromatic heterocycles. The molecule has 32 heavy (non-hydrogen) atoms. The molecule has 0 spiro atoms. The molecule has 1 aliphatic rings. The minimum Gasteiger partial charge on any atom is -0.497 e. The van der Waals surface area contributed by atoms with Gasteiger partial charge in [-0.1, -0.05) is 54.1 Å². The summed E-state index contributed by atoms with van der Waals surface area (Å²) in [6.45, 7) is 0.157. The number of carbonyl (C=O) groups excluding carboxylic acids is 1. The van der Waals surface area contributed by atoms with E-state index in [1.165, 1.54) is 0 Å². The Bertz CT molecular complexity index is 1100. The number of hydrogen-bond donors (Lipinski definition) is 2. The zero-order valence-corrected chi connectivity index (χ0v) is 17.7. The summed E-state index contributed by atoms with van der Waals surface area (Å²) in [7, 11) is 1.55. The molecule has 1 aliphatic heterocycles. The summed E-state index contributed by atoms with van der Waals surface area (Å²) < 4.78 is 47.4. The maximum atomic E-state index is 13.8. The lowest BCUT2D eigenvalue weighted by molar-refractivity contribution is -0.173. The number of halogens is 4. The van der Waals surface area contributed by atoms with E-state index in [1.54, 1.807) is 61.7 Å². The molecular formula is C22H20ClF3N4O2. The number of rotatable bonds is 5. The van der Waals surface area contributed by atoms with Crippen molar-refractivity contribution in [3.63, 3.8) is 0 Å². The van der Waals surface area contributed by atoms with Crippen molar-refractivity contribution in [3.8, 4) is 5.75 Å². The summed E-state index contributed by atoms with van der Waals surface area (Å²) in [6.07, 6.45) is -4.83. The average Bonchev–Trinajstić information content (AvgIpc) is 3.13. The summed E-state index contributed by atoms with van der Waals surface area (Å²) in [5.74, 6) is -0.0162. The van der Waals surface area contributed by atoms with Gasteiger partial charge in [-0.3, -0.25) is 4.79 Å². The predicted octanol–water partition coefficient (Wildman–Crippen LogP) is 5.14. The SMILES string of the molecule is COc1ccc(CNC(=O)c2nn3c(c2Cl)NC(c2ccccc2)CC3C(F)(F)F)cc1. The highest BCUT2D eigenvalue weighted by molar-refractivity contribution is 6.36. The van der Waals surface area contributed by atoms with E-state index in [4.69, 9.17) is 16.3 Å². The first kappa shape index (κ1) is 22.0. The van der Waals surface area contributed by atoms with E-state index in [0.717, 1.165) is 10.2 Å². The molecule has 2 unspecified atom stereocenters. The first-order valence-corrected chi connectivity index (χ1v) is 10.2. The Morgan fingerprint density at radius 3 is 2.53 bits per heavy atom. The Balaban J connectivity index is 1.59. The van der Waals surface area contributed by atoms with Crippen molar-refractivity contribution in [1.82, 2.24) is 15.1 Å². The van der Waals surface area contributed by atoms with Crippen molar-refractivity contribution < 1.29 is 22.7 Å². The highest BCUT2D eigenvalue weighted by atomic mass is 35.5. The van der Waals surface area contributed by atoms with Crippen LogP contribution in [0, 0.1) is 0 Å². The minimum absolute atomic E-state index is 0.0244. The zero-order chi connectivity index (χ0) is 22.9. The van der Waals surface area contributed by atoms with Gasteiger partial charge in [-0.2, -0.15) is 18.3 Å². The van der Waals surface area contributed by atoms with Crippen molar-refractivity contribution >= 4 is 23.3 Å². The van der Waals surface area contributed by atoms with Crippen LogP contribution in [0.2, 0.25) is 5.02 Å². The number of alkyl halides is 3. The number of hydrogen-bond acceptors (Lipinski definition) is 4. The molecule has 0 saturated carbocycles. The zero-order valence-electron chi connectivity index (χ0n) is 17.0. The van der Waals surface area contributed by atoms with Gasteiger partial charge < -0.3 is 15.4 Å². The highest BCUT2D eigenvalue weighted by Crippen LogP contribution is 2.46. The van der Waals surface area contributed by atoms with E-state index < -0.39 is 24.2 Å². The van der Waals surface area contributed by atoms with E-state index in [9.17, 15) is 18.0 Å². The number of carbonyl (C=O) groups is 1. The first-order valence-electron chi connectivity index (χ1n) is 9.85. The van der Waals surface area contributed by atoms with Gasteiger partial charge in [0.15, 0.2) is 11.7 Å². The lowest BCUT2D eigenvalue weighted by Gasteiger charge is -2.33. The molecule has 1 amide bonds. The summed E-state index contributed by atoms with van der Waals surface area (Å²) in [5, 5.41) is 9.46. The van der Waals surface area contributed by atoms with Gasteiger partial charge in [0, 0.05) is 13.0 Å². The smallest absolute Gasteiger partial charge is 0.410 e. The van der Waals surface area contributed by atoms with Gasteiger partial charge in [-0.05, 0) is 23.3 Å². The Kier molecular flexibility index (Phi) is 6.01. The van der Waals surface area contributed by atoms with Crippen LogP contribution in [0.3, 0.4) is 0 Å². The summed E-state index contributed by atoms with van der Waals surface area (Å²) in [6, 6.07) is 13.3. The number of amides is 1. The molecule has 0 radical (unpaired) electrons. The van der Waals surface area contributed by atoms with Gasteiger partial charge in [0.25, 0.3) is 5.91 Å². The fourth-order valence-electron chi connectivity index (χ4n) is 3.65. The maximum Gasteiger partial charge on any atom is 0.410 e. The van der Waals surface area contributed by atoms with E-state index in [1.807, 2.05) is 0 Å². The predicted molar refractivity (Wildman–Crippen MR) is 114 cm³/mol. The fraction of sp³-hybridized carbons (Fsp3) is 0.273. The average molecular weight is 465 g/mol. The van der Waals surface area contributed by atoms with Crippen molar-refractivity contribution in [1.29, 1.82) is 0 Å². The second kappa shape index (κ2) is 8.74. The van der Waals surface area contributed by atoms with Crippen LogP contribution in [-0.2, 0) is 6.54 Å². The second-order valence-corrected chi connectivity index (χ2v) is 7.77. The van der Waals surface area contributed by atoms with Gasteiger partial charge in [0.2, 0.25) is 0 Å². The largest absolute Gasteiger partial charge is 0.497 e. The number of ether oxygens (including phenoxy) is 1. The van der Waals surface area contributed by atoms with Gasteiger partial charge in [-0.25, -0.2) is 4.68 Å². The molecule has 2 N–H and O–H groups in total. The van der Waals surface area contributed by atoms with Crippen LogP contribution in [0.15, 0.2) is 54.6 Å². The Labute approximate surface area is 187 Å². The number of benzene rings is 2. The van der Waals surface area contributed by atoms with Gasteiger partial charge in [0.05, 0.1) is 13.2 Å². The molecule has 3 aromatic rings. The summed E-state index contributed by atoms with van der Waals surface area (Å²) >= 11 is 6.34. The molecule has 4 rings (SSSR count). The fourth-order valence-corrected chi connectivity index (χ4v) is 3.91. The number of fused-ring (bicyclic) bond motifs is 1. The molecular weight excluding hydrogens is 445 g/mol. The third kappa shape index (κ3) is 4.38. The minimum atomic E-state index is -4.56. The third-order valence-electron chi connectivity index (χ3n) is 5.32. The third-order valence-corrected chi connectivity index (χ3v) is 5.68. The molecule has 0 fully saturated rings. The van der Waals surface area contributed by atoms with E-state index in [0.29, 0.717) is 11.3 Å². The molecule has 2 heterocycles. The second-order valence-electron chi connectivity index (χ2n) is 7.39. The molecule has 0 aliphatic carbocycles. The van der Waals surface area contributed by atoms with Gasteiger partial charge >= 0.3 is 6.18 Å². The van der Waals surface area contributed by atoms with E-state index in [2.05, 4.69) is 15.7 Å². The molecule has 10 heteroatoms. The summed E-state index contributed by atoms with van der Waals surface area (Å²) in [4.78, 5) is 12.7. The Hall–Kier alpha value is -3.20. The lowest BCUT2D eigenvalue weighted by atomic mass is 9.97. The lowest BCUT2D eigenvalue weighted by Crippen LogP contribution is -2.35. The van der Waals surface area contributed by atoms with Gasteiger partial charge in [-0.15, -0.1) is 0 Å². The maximum absolute atomic E-state index is 13.8. The van der Waals surface area contributed by atoms with Crippen molar-refractivity contribution in [2.75, 3.05) is 12.4 Å². The summed E-state index contributed by atoms with van der Waals surface area (Å²) in [5.41, 5.74) is 1.22. The molecule has 168 valence electrons. The van der Waals surface area contributed by atoms with Crippen LogP contribution < -0.4 is 15.4 Å².